The average molecular weight is 275 g/mol. The number of ketones is 1. The molecule has 5 heteroatoms. The molecule has 0 saturated heterocycles. The maximum Gasteiger partial charge on any atom is 0.306 e. The fraction of sp³-hybridized carbons (Fsp3) is 0.333. The third kappa shape index (κ3) is 4.36. The SMILES string of the molecule is CCOC(=O)CCC(=O)c1cc(Cl)ccc1Cl. The Bertz CT molecular complexity index is 430. The van der Waals surface area contributed by atoms with Gasteiger partial charge in [0.25, 0.3) is 0 Å². The summed E-state index contributed by atoms with van der Waals surface area (Å²) >= 11 is 11.6. The van der Waals surface area contributed by atoms with Crippen LogP contribution in [0, 0.1) is 0 Å². The van der Waals surface area contributed by atoms with Crippen LogP contribution in [-0.4, -0.2) is 18.4 Å². The van der Waals surface area contributed by atoms with Gasteiger partial charge >= 0.3 is 5.97 Å². The maximum absolute atomic E-state index is 11.8. The van der Waals surface area contributed by atoms with Crippen molar-refractivity contribution in [3.63, 3.8) is 0 Å². The molecule has 0 aliphatic heterocycles. The smallest absolute Gasteiger partial charge is 0.306 e. The normalized spacial score (nSPS) is 10.1. The predicted octanol–water partition coefficient (Wildman–Crippen LogP) is 3.52. The van der Waals surface area contributed by atoms with Gasteiger partial charge in [-0.1, -0.05) is 23.2 Å². The second-order valence-corrected chi connectivity index (χ2v) is 4.20. The van der Waals surface area contributed by atoms with Crippen molar-refractivity contribution in [3.05, 3.63) is 33.8 Å². The first-order valence-corrected chi connectivity index (χ1v) is 5.94. The van der Waals surface area contributed by atoms with Crippen molar-refractivity contribution in [1.82, 2.24) is 0 Å². The van der Waals surface area contributed by atoms with Crippen LogP contribution in [0.15, 0.2) is 18.2 Å². The molecule has 1 rings (SSSR count). The lowest BCUT2D eigenvalue weighted by atomic mass is 10.1. The number of hydrogen-bond acceptors (Lipinski definition) is 3. The lowest BCUT2D eigenvalue weighted by molar-refractivity contribution is -0.143. The number of halogens is 2. The summed E-state index contributed by atoms with van der Waals surface area (Å²) in [4.78, 5) is 22.9. The fourth-order valence-corrected chi connectivity index (χ4v) is 1.69. The lowest BCUT2D eigenvalue weighted by Crippen LogP contribution is -2.08. The number of hydrogen-bond donors (Lipinski definition) is 0. The van der Waals surface area contributed by atoms with E-state index >= 15 is 0 Å². The molecule has 0 unspecified atom stereocenters. The minimum atomic E-state index is -0.390. The van der Waals surface area contributed by atoms with Crippen molar-refractivity contribution in [2.45, 2.75) is 19.8 Å². The zero-order valence-corrected chi connectivity index (χ0v) is 10.8. The topological polar surface area (TPSA) is 43.4 Å². The first kappa shape index (κ1) is 14.0. The molecule has 0 N–H and O–H groups in total. The van der Waals surface area contributed by atoms with Gasteiger partial charge in [0, 0.05) is 17.0 Å². The van der Waals surface area contributed by atoms with Crippen LogP contribution in [0.25, 0.3) is 0 Å². The van der Waals surface area contributed by atoms with Crippen LogP contribution >= 0.6 is 23.2 Å². The van der Waals surface area contributed by atoms with Crippen molar-refractivity contribution in [3.8, 4) is 0 Å². The van der Waals surface area contributed by atoms with Crippen molar-refractivity contribution < 1.29 is 14.3 Å². The van der Waals surface area contributed by atoms with E-state index in [4.69, 9.17) is 27.9 Å². The number of esters is 1. The van der Waals surface area contributed by atoms with Gasteiger partial charge in [0.15, 0.2) is 5.78 Å². The highest BCUT2D eigenvalue weighted by molar-refractivity contribution is 6.35. The molecular formula is C12H12Cl2O3. The van der Waals surface area contributed by atoms with E-state index in [-0.39, 0.29) is 24.6 Å². The van der Waals surface area contributed by atoms with Gasteiger partial charge in [-0.05, 0) is 25.1 Å². The third-order valence-electron chi connectivity index (χ3n) is 2.09. The van der Waals surface area contributed by atoms with Crippen molar-refractivity contribution in [2.75, 3.05) is 6.61 Å². The van der Waals surface area contributed by atoms with Crippen molar-refractivity contribution >= 4 is 35.0 Å². The Kier molecular flexibility index (Phi) is 5.45. The standard InChI is InChI=1S/C12H12Cl2O3/c1-2-17-12(16)6-5-11(15)9-7-8(13)3-4-10(9)14/h3-4,7H,2,5-6H2,1H3. The Hall–Kier alpha value is -1.06. The summed E-state index contributed by atoms with van der Waals surface area (Å²) in [6.07, 6.45) is 0.119. The highest BCUT2D eigenvalue weighted by Gasteiger charge is 2.13. The minimum Gasteiger partial charge on any atom is -0.466 e. The predicted molar refractivity (Wildman–Crippen MR) is 66.7 cm³/mol. The van der Waals surface area contributed by atoms with Crippen LogP contribution in [0.5, 0.6) is 0 Å². The lowest BCUT2D eigenvalue weighted by Gasteiger charge is -2.04. The van der Waals surface area contributed by atoms with Gasteiger partial charge < -0.3 is 4.74 Å². The van der Waals surface area contributed by atoms with Crippen LogP contribution in [0.1, 0.15) is 30.1 Å². The Morgan fingerprint density at radius 2 is 1.94 bits per heavy atom. The molecule has 1 aromatic carbocycles. The van der Waals surface area contributed by atoms with E-state index in [2.05, 4.69) is 0 Å². The Labute approximate surface area is 110 Å². The Morgan fingerprint density at radius 3 is 2.59 bits per heavy atom. The van der Waals surface area contributed by atoms with Gasteiger partial charge in [0.2, 0.25) is 0 Å². The van der Waals surface area contributed by atoms with E-state index < -0.39 is 0 Å². The third-order valence-corrected chi connectivity index (χ3v) is 2.66. The molecule has 17 heavy (non-hydrogen) atoms. The van der Waals surface area contributed by atoms with Crippen LogP contribution in [0.3, 0.4) is 0 Å². The molecule has 3 nitrogen and oxygen atoms in total. The maximum atomic E-state index is 11.8. The molecule has 0 radical (unpaired) electrons. The summed E-state index contributed by atoms with van der Waals surface area (Å²) in [7, 11) is 0. The highest BCUT2D eigenvalue weighted by atomic mass is 35.5. The van der Waals surface area contributed by atoms with Gasteiger partial charge in [-0.3, -0.25) is 9.59 Å². The van der Waals surface area contributed by atoms with E-state index in [0.29, 0.717) is 22.2 Å². The zero-order valence-electron chi connectivity index (χ0n) is 9.33. The molecule has 0 heterocycles. The molecule has 0 aliphatic carbocycles. The van der Waals surface area contributed by atoms with E-state index in [0.717, 1.165) is 0 Å². The van der Waals surface area contributed by atoms with Crippen LogP contribution < -0.4 is 0 Å². The number of carbonyl (C=O) groups is 2. The molecular weight excluding hydrogens is 263 g/mol. The minimum absolute atomic E-state index is 0.0511. The van der Waals surface area contributed by atoms with E-state index in [1.54, 1.807) is 19.1 Å². The van der Waals surface area contributed by atoms with Crippen LogP contribution in [0.4, 0.5) is 0 Å². The largest absolute Gasteiger partial charge is 0.466 e. The molecule has 0 bridgehead atoms. The van der Waals surface area contributed by atoms with Gasteiger partial charge in [0.1, 0.15) is 0 Å². The second kappa shape index (κ2) is 6.62. The summed E-state index contributed by atoms with van der Waals surface area (Å²) in [5.74, 6) is -0.607. The number of benzene rings is 1. The van der Waals surface area contributed by atoms with E-state index in [9.17, 15) is 9.59 Å². The molecule has 0 aliphatic rings. The summed E-state index contributed by atoms with van der Waals surface area (Å²) < 4.78 is 4.73. The number of rotatable bonds is 5. The Morgan fingerprint density at radius 1 is 1.24 bits per heavy atom. The summed E-state index contributed by atoms with van der Waals surface area (Å²) in [5, 5.41) is 0.775. The second-order valence-electron chi connectivity index (χ2n) is 3.35. The zero-order chi connectivity index (χ0) is 12.8. The van der Waals surface area contributed by atoms with Gasteiger partial charge in [-0.2, -0.15) is 0 Å². The van der Waals surface area contributed by atoms with E-state index in [1.807, 2.05) is 0 Å². The molecule has 0 aromatic heterocycles. The Balaban J connectivity index is 2.64. The quantitative estimate of drug-likeness (QED) is 0.610. The monoisotopic (exact) mass is 274 g/mol. The fourth-order valence-electron chi connectivity index (χ4n) is 1.29. The molecule has 0 fully saturated rings. The highest BCUT2D eigenvalue weighted by Crippen LogP contribution is 2.22. The summed E-state index contributed by atoms with van der Waals surface area (Å²) in [6.45, 7) is 2.03. The summed E-state index contributed by atoms with van der Waals surface area (Å²) in [5.41, 5.74) is 0.337. The molecule has 1 aromatic rings. The van der Waals surface area contributed by atoms with Gasteiger partial charge in [-0.15, -0.1) is 0 Å². The number of ether oxygens (including phenoxy) is 1. The average Bonchev–Trinajstić information content (AvgIpc) is 2.29. The first-order chi connectivity index (χ1) is 8.04. The number of carbonyl (C=O) groups excluding carboxylic acids is 2. The molecule has 0 amide bonds. The van der Waals surface area contributed by atoms with Crippen LogP contribution in [-0.2, 0) is 9.53 Å². The van der Waals surface area contributed by atoms with Gasteiger partial charge in [-0.25, -0.2) is 0 Å². The molecule has 0 spiro atoms. The van der Waals surface area contributed by atoms with Crippen molar-refractivity contribution in [2.24, 2.45) is 0 Å². The van der Waals surface area contributed by atoms with E-state index in [1.165, 1.54) is 6.07 Å². The summed E-state index contributed by atoms with van der Waals surface area (Å²) in [6, 6.07) is 4.66. The first-order valence-electron chi connectivity index (χ1n) is 5.18. The van der Waals surface area contributed by atoms with Crippen LogP contribution in [0.2, 0.25) is 10.0 Å². The number of Topliss-reactive ketones (excluding diaryl/α,β-unsaturated/α-hetero) is 1. The van der Waals surface area contributed by atoms with Crippen molar-refractivity contribution in [1.29, 1.82) is 0 Å². The van der Waals surface area contributed by atoms with Gasteiger partial charge in [0.05, 0.1) is 18.1 Å². The molecule has 0 saturated carbocycles. The molecule has 92 valence electrons. The molecule has 0 atom stereocenters.